The highest BCUT2D eigenvalue weighted by Gasteiger charge is 2.49. The molecule has 1 aromatic carbocycles. The highest BCUT2D eigenvalue weighted by molar-refractivity contribution is 5.91. The molecule has 2 aliphatic rings. The number of piperidine rings is 1. The summed E-state index contributed by atoms with van der Waals surface area (Å²) in [5.41, 5.74) is 0.142. The normalized spacial score (nSPS) is 28.9. The Morgan fingerprint density at radius 3 is 2.73 bits per heavy atom. The molecule has 1 saturated carbocycles. The molecule has 1 unspecified atom stereocenters. The van der Waals surface area contributed by atoms with Gasteiger partial charge in [-0.1, -0.05) is 43.2 Å². The number of carbonyl (C=O) groups is 1. The predicted octanol–water partition coefficient (Wildman–Crippen LogP) is 3.97. The van der Waals surface area contributed by atoms with E-state index < -0.39 is 5.60 Å². The molecule has 4 nitrogen and oxygen atoms in total. The fourth-order valence-corrected chi connectivity index (χ4v) is 4.68. The van der Waals surface area contributed by atoms with E-state index in [-0.39, 0.29) is 17.9 Å². The molecule has 4 heteroatoms. The number of aliphatic hydroxyl groups is 1. The molecule has 4 rings (SSSR count). The average molecular weight is 351 g/mol. The number of rotatable bonds is 3. The molecule has 2 fully saturated rings. The topological polar surface area (TPSA) is 53.7 Å². The first-order chi connectivity index (χ1) is 12.7. The second-order valence-electron chi connectivity index (χ2n) is 7.38. The molecule has 1 N–H and O–H groups in total. The zero-order valence-electron chi connectivity index (χ0n) is 14.9. The number of amides is 1. The van der Waals surface area contributed by atoms with Crippen LogP contribution in [0.25, 0.3) is 6.08 Å². The predicted molar refractivity (Wildman–Crippen MR) is 100 cm³/mol. The largest absolute Gasteiger partial charge is 0.465 e. The molecule has 0 radical (unpaired) electrons. The Morgan fingerprint density at radius 1 is 1.15 bits per heavy atom. The summed E-state index contributed by atoms with van der Waals surface area (Å²) in [6.07, 6.45) is 9.64. The molecular weight excluding hydrogens is 326 g/mol. The third-order valence-electron chi connectivity index (χ3n) is 5.97. The molecule has 0 spiro atoms. The molecule has 1 saturated heterocycles. The molecular formula is C22H25NO3. The van der Waals surface area contributed by atoms with Crippen LogP contribution < -0.4 is 0 Å². The number of likely N-dealkylation sites (tertiary alicyclic amines) is 1. The molecule has 1 aliphatic heterocycles. The molecule has 136 valence electrons. The number of fused-ring (bicyclic) bond motifs is 1. The summed E-state index contributed by atoms with van der Waals surface area (Å²) in [7, 11) is 0. The zero-order chi connectivity index (χ0) is 18.0. The summed E-state index contributed by atoms with van der Waals surface area (Å²) in [5, 5.41) is 11.5. The minimum absolute atomic E-state index is 0.00779. The van der Waals surface area contributed by atoms with Crippen molar-refractivity contribution >= 4 is 12.0 Å². The molecule has 26 heavy (non-hydrogen) atoms. The van der Waals surface area contributed by atoms with Gasteiger partial charge in [-0.3, -0.25) is 4.79 Å². The minimum atomic E-state index is -0.839. The Bertz CT molecular complexity index is 768. The van der Waals surface area contributed by atoms with E-state index in [1.54, 1.807) is 18.4 Å². The van der Waals surface area contributed by atoms with Crippen molar-refractivity contribution in [2.24, 2.45) is 5.92 Å². The van der Waals surface area contributed by atoms with Gasteiger partial charge in [-0.25, -0.2) is 0 Å². The third kappa shape index (κ3) is 3.10. The van der Waals surface area contributed by atoms with Crippen molar-refractivity contribution in [1.29, 1.82) is 0 Å². The van der Waals surface area contributed by atoms with Gasteiger partial charge in [-0.2, -0.15) is 0 Å². The maximum atomic E-state index is 12.8. The van der Waals surface area contributed by atoms with Crippen LogP contribution in [0, 0.1) is 5.92 Å². The SMILES string of the molecule is O=C(/C=C/c1ccco1)N1CCC(O)(c2ccccc2)[C@@H]2CCCC[C@@H]21. The van der Waals surface area contributed by atoms with Crippen LogP contribution in [0.2, 0.25) is 0 Å². The van der Waals surface area contributed by atoms with Crippen LogP contribution in [0.4, 0.5) is 0 Å². The lowest BCUT2D eigenvalue weighted by atomic mass is 9.66. The van der Waals surface area contributed by atoms with Gasteiger partial charge >= 0.3 is 0 Å². The van der Waals surface area contributed by atoms with E-state index in [1.807, 2.05) is 47.4 Å². The third-order valence-corrected chi connectivity index (χ3v) is 5.97. The van der Waals surface area contributed by atoms with Gasteiger partial charge in [0, 0.05) is 24.6 Å². The van der Waals surface area contributed by atoms with Crippen molar-refractivity contribution in [2.75, 3.05) is 6.54 Å². The van der Waals surface area contributed by atoms with Crippen LogP contribution in [0.1, 0.15) is 43.4 Å². The Balaban J connectivity index is 1.57. The first kappa shape index (κ1) is 17.1. The molecule has 1 aliphatic carbocycles. The van der Waals surface area contributed by atoms with Gasteiger partial charge in [0.2, 0.25) is 5.91 Å². The zero-order valence-corrected chi connectivity index (χ0v) is 14.9. The number of benzene rings is 1. The fraction of sp³-hybridized carbons (Fsp3) is 0.409. The van der Waals surface area contributed by atoms with Crippen LogP contribution in [-0.4, -0.2) is 28.5 Å². The summed E-state index contributed by atoms with van der Waals surface area (Å²) in [6.45, 7) is 0.577. The number of furan rings is 1. The van der Waals surface area contributed by atoms with E-state index in [1.165, 1.54) is 0 Å². The van der Waals surface area contributed by atoms with Gasteiger partial charge in [0.25, 0.3) is 0 Å². The quantitative estimate of drug-likeness (QED) is 0.851. The van der Waals surface area contributed by atoms with E-state index in [0.29, 0.717) is 18.7 Å². The monoisotopic (exact) mass is 351 g/mol. The van der Waals surface area contributed by atoms with Crippen molar-refractivity contribution in [1.82, 2.24) is 4.90 Å². The van der Waals surface area contributed by atoms with E-state index >= 15 is 0 Å². The van der Waals surface area contributed by atoms with Crippen LogP contribution in [0.5, 0.6) is 0 Å². The number of nitrogens with zero attached hydrogens (tertiary/aromatic N) is 1. The highest BCUT2D eigenvalue weighted by Crippen LogP contribution is 2.46. The van der Waals surface area contributed by atoms with Gasteiger partial charge in [0.15, 0.2) is 0 Å². The van der Waals surface area contributed by atoms with Gasteiger partial charge in [-0.05, 0) is 43.0 Å². The summed E-state index contributed by atoms with van der Waals surface area (Å²) in [5.74, 6) is 0.776. The number of carbonyl (C=O) groups excluding carboxylic acids is 1. The lowest BCUT2D eigenvalue weighted by molar-refractivity contribution is -0.150. The standard InChI is InChI=1S/C22H25NO3/c24-21(13-12-18-9-6-16-26-18)23-15-14-22(25,17-7-2-1-3-8-17)19-10-4-5-11-20(19)23/h1-3,6-9,12-13,16,19-20,25H,4-5,10-11,14-15H2/b13-12+/t19-,20+,22?/m1/s1. The van der Waals surface area contributed by atoms with E-state index in [2.05, 4.69) is 0 Å². The fourth-order valence-electron chi connectivity index (χ4n) is 4.68. The molecule has 2 aromatic rings. The van der Waals surface area contributed by atoms with Gasteiger partial charge in [0.1, 0.15) is 5.76 Å². The number of hydrogen-bond acceptors (Lipinski definition) is 3. The summed E-state index contributed by atoms with van der Waals surface area (Å²) in [4.78, 5) is 14.8. The molecule has 0 bridgehead atoms. The van der Waals surface area contributed by atoms with Crippen molar-refractivity contribution in [2.45, 2.75) is 43.7 Å². The lowest BCUT2D eigenvalue weighted by Gasteiger charge is -2.52. The summed E-state index contributed by atoms with van der Waals surface area (Å²) >= 11 is 0. The summed E-state index contributed by atoms with van der Waals surface area (Å²) in [6, 6.07) is 13.7. The smallest absolute Gasteiger partial charge is 0.246 e. The van der Waals surface area contributed by atoms with Gasteiger partial charge in [-0.15, -0.1) is 0 Å². The first-order valence-corrected chi connectivity index (χ1v) is 9.48. The maximum Gasteiger partial charge on any atom is 0.246 e. The van der Waals surface area contributed by atoms with Crippen molar-refractivity contribution in [3.63, 3.8) is 0 Å². The Kier molecular flexibility index (Phi) is 4.68. The van der Waals surface area contributed by atoms with Gasteiger partial charge in [0.05, 0.1) is 11.9 Å². The van der Waals surface area contributed by atoms with E-state index in [4.69, 9.17) is 4.42 Å². The summed E-state index contributed by atoms with van der Waals surface area (Å²) < 4.78 is 5.27. The molecule has 3 atom stereocenters. The van der Waals surface area contributed by atoms with Crippen LogP contribution in [-0.2, 0) is 10.4 Å². The minimum Gasteiger partial charge on any atom is -0.465 e. The van der Waals surface area contributed by atoms with E-state index in [9.17, 15) is 9.90 Å². The first-order valence-electron chi connectivity index (χ1n) is 9.48. The number of hydrogen-bond donors (Lipinski definition) is 1. The lowest BCUT2D eigenvalue weighted by Crippen LogP contribution is -2.58. The Morgan fingerprint density at radius 2 is 1.96 bits per heavy atom. The average Bonchev–Trinajstić information content (AvgIpc) is 3.21. The van der Waals surface area contributed by atoms with Crippen LogP contribution >= 0.6 is 0 Å². The Hall–Kier alpha value is -2.33. The highest BCUT2D eigenvalue weighted by atomic mass is 16.3. The molecule has 1 amide bonds. The van der Waals surface area contributed by atoms with Crippen molar-refractivity contribution in [3.8, 4) is 0 Å². The molecule has 1 aromatic heterocycles. The second kappa shape index (κ2) is 7.12. The Labute approximate surface area is 154 Å². The van der Waals surface area contributed by atoms with Crippen molar-refractivity contribution in [3.05, 3.63) is 66.1 Å². The second-order valence-corrected chi connectivity index (χ2v) is 7.38. The van der Waals surface area contributed by atoms with Crippen LogP contribution in [0.15, 0.2) is 59.2 Å². The van der Waals surface area contributed by atoms with E-state index in [0.717, 1.165) is 31.2 Å². The van der Waals surface area contributed by atoms with Crippen LogP contribution in [0.3, 0.4) is 0 Å². The maximum absolute atomic E-state index is 12.8. The van der Waals surface area contributed by atoms with Gasteiger partial charge < -0.3 is 14.4 Å². The van der Waals surface area contributed by atoms with Crippen molar-refractivity contribution < 1.29 is 14.3 Å². The molecule has 2 heterocycles.